The highest BCUT2D eigenvalue weighted by Gasteiger charge is 2.43. The van der Waals surface area contributed by atoms with Gasteiger partial charge in [0.2, 0.25) is 12.3 Å². The summed E-state index contributed by atoms with van der Waals surface area (Å²) in [4.78, 5) is 36.1. The van der Waals surface area contributed by atoms with Crippen LogP contribution in [0.3, 0.4) is 0 Å². The average molecular weight is 705 g/mol. The molecule has 4 aromatic rings. The molecule has 2 bridgehead atoms. The van der Waals surface area contributed by atoms with Gasteiger partial charge in [-0.2, -0.15) is 0 Å². The minimum atomic E-state index is -0.669. The minimum absolute atomic E-state index is 0.0996. The van der Waals surface area contributed by atoms with Crippen molar-refractivity contribution in [3.05, 3.63) is 66.1 Å². The van der Waals surface area contributed by atoms with Gasteiger partial charge in [0.05, 0.1) is 12.4 Å². The molecule has 1 aromatic carbocycles. The molecular formula is C38H50F2N8O3. The number of nitrogens with one attached hydrogen (secondary N) is 3. The largest absolute Gasteiger partial charge is 0.385 e. The third-order valence-electron chi connectivity index (χ3n) is 10.4. The van der Waals surface area contributed by atoms with E-state index in [1.54, 1.807) is 32.4 Å². The first-order valence-corrected chi connectivity index (χ1v) is 17.8. The van der Waals surface area contributed by atoms with Crippen LogP contribution in [0.25, 0.3) is 22.4 Å². The van der Waals surface area contributed by atoms with E-state index in [-0.39, 0.29) is 23.6 Å². The van der Waals surface area contributed by atoms with E-state index in [0.29, 0.717) is 71.6 Å². The van der Waals surface area contributed by atoms with Crippen molar-refractivity contribution in [2.75, 3.05) is 24.4 Å². The van der Waals surface area contributed by atoms with E-state index < -0.39 is 17.7 Å². The average Bonchev–Trinajstić information content (AvgIpc) is 3.47. The summed E-state index contributed by atoms with van der Waals surface area (Å²) in [5.74, 6) is 1.12. The molecule has 1 unspecified atom stereocenters. The van der Waals surface area contributed by atoms with Crippen LogP contribution < -0.4 is 21.7 Å². The van der Waals surface area contributed by atoms with E-state index in [9.17, 15) is 14.0 Å². The Balaban J connectivity index is 0.000000774. The van der Waals surface area contributed by atoms with Gasteiger partial charge in [0.1, 0.15) is 17.5 Å². The first-order chi connectivity index (χ1) is 24.5. The van der Waals surface area contributed by atoms with Crippen molar-refractivity contribution in [3.8, 4) is 11.4 Å². The number of ether oxygens (including phenoxy) is 1. The highest BCUT2D eigenvalue weighted by molar-refractivity contribution is 5.95. The first kappa shape index (κ1) is 37.8. The molecule has 0 saturated heterocycles. The van der Waals surface area contributed by atoms with Gasteiger partial charge in [0.25, 0.3) is 0 Å². The van der Waals surface area contributed by atoms with Crippen LogP contribution in [0.5, 0.6) is 0 Å². The second-order valence-electron chi connectivity index (χ2n) is 14.2. The summed E-state index contributed by atoms with van der Waals surface area (Å²) in [7, 11) is 1.71. The molecule has 4 atom stereocenters. The number of aromatic nitrogens is 4. The van der Waals surface area contributed by atoms with Crippen molar-refractivity contribution in [2.45, 2.75) is 84.5 Å². The summed E-state index contributed by atoms with van der Waals surface area (Å²) < 4.78 is 36.9. The molecule has 3 aliphatic rings. The molecule has 3 fully saturated rings. The number of hydrogen-bond acceptors (Lipinski definition) is 8. The Bertz CT molecular complexity index is 1770. The second-order valence-corrected chi connectivity index (χ2v) is 14.2. The number of benzene rings is 1. The Morgan fingerprint density at radius 1 is 1.06 bits per heavy atom. The zero-order chi connectivity index (χ0) is 36.7. The van der Waals surface area contributed by atoms with Crippen LogP contribution in [0.15, 0.2) is 48.9 Å². The number of carbonyl (C=O) groups excluding carboxylic acids is 2. The molecule has 5 N–H and O–H groups in total. The highest BCUT2D eigenvalue weighted by atomic mass is 19.1. The topological polar surface area (TPSA) is 149 Å². The fraction of sp³-hybridized carbons (Fsp3) is 0.500. The number of methoxy groups -OCH3 is 1. The number of carbonyl (C=O) groups is 2. The van der Waals surface area contributed by atoms with Gasteiger partial charge in [-0.15, -0.1) is 0 Å². The highest BCUT2D eigenvalue weighted by Crippen LogP contribution is 2.47. The number of amides is 2. The lowest BCUT2D eigenvalue weighted by Crippen LogP contribution is -2.48. The van der Waals surface area contributed by atoms with E-state index in [0.717, 1.165) is 31.0 Å². The van der Waals surface area contributed by atoms with E-state index >= 15 is 4.39 Å². The maximum atomic E-state index is 15.2. The van der Waals surface area contributed by atoms with Crippen molar-refractivity contribution < 1.29 is 23.1 Å². The monoisotopic (exact) mass is 704 g/mol. The van der Waals surface area contributed by atoms with Gasteiger partial charge in [-0.05, 0) is 93.4 Å². The predicted octanol–water partition coefficient (Wildman–Crippen LogP) is 6.14. The number of fused-ring (bicyclic) bond motifs is 4. The number of pyridine rings is 1. The number of rotatable bonds is 13. The lowest BCUT2D eigenvalue weighted by atomic mass is 9.61. The van der Waals surface area contributed by atoms with Crippen LogP contribution in [0.4, 0.5) is 20.3 Å². The summed E-state index contributed by atoms with van der Waals surface area (Å²) in [5.41, 5.74) is 7.99. The van der Waals surface area contributed by atoms with Crippen LogP contribution in [0.2, 0.25) is 0 Å². The third-order valence-corrected chi connectivity index (χ3v) is 10.4. The van der Waals surface area contributed by atoms with Gasteiger partial charge in [-0.1, -0.05) is 26.0 Å². The smallest absolute Gasteiger partial charge is 0.246 e. The maximum Gasteiger partial charge on any atom is 0.246 e. The van der Waals surface area contributed by atoms with E-state index in [1.165, 1.54) is 25.1 Å². The third kappa shape index (κ3) is 9.25. The number of halogens is 2. The Labute approximate surface area is 298 Å². The summed E-state index contributed by atoms with van der Waals surface area (Å²) in [6.07, 6.45) is 10.2. The van der Waals surface area contributed by atoms with E-state index in [1.807, 2.05) is 23.6 Å². The molecule has 3 aromatic heterocycles. The van der Waals surface area contributed by atoms with E-state index in [4.69, 9.17) is 10.5 Å². The molecule has 274 valence electrons. The number of anilines is 2. The maximum absolute atomic E-state index is 15.2. The second kappa shape index (κ2) is 17.1. The molecule has 2 amide bonds. The first-order valence-electron chi connectivity index (χ1n) is 17.8. The van der Waals surface area contributed by atoms with Gasteiger partial charge in [-0.3, -0.25) is 9.59 Å². The summed E-state index contributed by atoms with van der Waals surface area (Å²) >= 11 is 0. The molecule has 51 heavy (non-hydrogen) atoms. The van der Waals surface area contributed by atoms with E-state index in [2.05, 4.69) is 44.7 Å². The van der Waals surface area contributed by atoms with Crippen molar-refractivity contribution in [1.29, 1.82) is 0 Å². The van der Waals surface area contributed by atoms with Crippen molar-refractivity contribution in [2.24, 2.45) is 29.4 Å². The number of hydrogen-bond donors (Lipinski definition) is 4. The fourth-order valence-electron chi connectivity index (χ4n) is 6.99. The summed E-state index contributed by atoms with van der Waals surface area (Å²) in [6, 6.07) is 8.42. The van der Waals surface area contributed by atoms with Gasteiger partial charge in [0, 0.05) is 55.2 Å². The van der Waals surface area contributed by atoms with Crippen LogP contribution in [-0.4, -0.2) is 63.7 Å². The minimum Gasteiger partial charge on any atom is -0.385 e. The lowest BCUT2D eigenvalue weighted by molar-refractivity contribution is -0.120. The molecule has 0 radical (unpaired) electrons. The Morgan fingerprint density at radius 3 is 2.39 bits per heavy atom. The molecule has 0 aliphatic heterocycles. The van der Waals surface area contributed by atoms with Crippen molar-refractivity contribution >= 4 is 34.9 Å². The van der Waals surface area contributed by atoms with Gasteiger partial charge in [-0.25, -0.2) is 23.7 Å². The van der Waals surface area contributed by atoms with Crippen LogP contribution in [0.1, 0.15) is 65.4 Å². The van der Waals surface area contributed by atoms with Gasteiger partial charge < -0.3 is 31.0 Å². The predicted molar refractivity (Wildman–Crippen MR) is 195 cm³/mol. The Hall–Kier alpha value is -4.49. The molecule has 0 spiro atoms. The normalized spacial score (nSPS) is 20.7. The summed E-state index contributed by atoms with van der Waals surface area (Å²) in [6.45, 7) is 8.90. The molecular weight excluding hydrogens is 654 g/mol. The molecule has 7 rings (SSSR count). The fourth-order valence-corrected chi connectivity index (χ4v) is 6.99. The summed E-state index contributed by atoms with van der Waals surface area (Å²) in [5, 5.41) is 9.15. The zero-order valence-corrected chi connectivity index (χ0v) is 30.0. The molecule has 3 heterocycles. The van der Waals surface area contributed by atoms with Crippen molar-refractivity contribution in [3.63, 3.8) is 0 Å². The molecule has 3 aliphatic carbocycles. The molecule has 13 heteroatoms. The standard InChI is InChI=1S/C33H37F2N7O3.C5H13N/c1-19(38-18-43)33(44)39-24-9-3-20(4-10-24)16-42-17-27(26-13-23(34)14-37-32(26)42)30-36-15-28(35)31(41-30)40-29-22-7-5-21(6-8-22)25(29)11-12-45-2;1-4(2)5(3)6/h3-4,9-10,13-15,17-19,21-22,25,29H,5-8,11-12,16H2,1-2H3,(H,38,43)(H,39,44)(H,36,40,41);4-5H,6H2,1-3H3/t19-,21?,22?,25-,29-;/m0./s1. The molecule has 11 nitrogen and oxygen atoms in total. The quantitative estimate of drug-likeness (QED) is 0.121. The van der Waals surface area contributed by atoms with Crippen LogP contribution >= 0.6 is 0 Å². The zero-order valence-electron chi connectivity index (χ0n) is 30.0. The van der Waals surface area contributed by atoms with Crippen LogP contribution in [-0.2, 0) is 20.9 Å². The number of nitrogens with two attached hydrogens (primary N) is 1. The Morgan fingerprint density at radius 2 is 1.75 bits per heavy atom. The number of nitrogens with zero attached hydrogens (tertiary/aromatic N) is 4. The van der Waals surface area contributed by atoms with Gasteiger partial charge in [0.15, 0.2) is 17.5 Å². The van der Waals surface area contributed by atoms with Gasteiger partial charge >= 0.3 is 0 Å². The van der Waals surface area contributed by atoms with Crippen LogP contribution in [0, 0.1) is 35.3 Å². The molecule has 3 saturated carbocycles. The SMILES string of the molecule is CC(C)C(C)N.COCC[C@H]1C2CCC(CC2)[C@@H]1Nc1nc(-c2cn(Cc3ccc(NC(=O)[C@H](C)NC=O)cc3)c3ncc(F)cc23)ncc1F. The lowest BCUT2D eigenvalue weighted by Gasteiger charge is -2.49. The Kier molecular flexibility index (Phi) is 12.7. The van der Waals surface area contributed by atoms with Crippen molar-refractivity contribution in [1.82, 2.24) is 24.8 Å².